The van der Waals surface area contributed by atoms with Crippen LogP contribution >= 0.6 is 0 Å². The maximum absolute atomic E-state index is 15.1. The summed E-state index contributed by atoms with van der Waals surface area (Å²) < 4.78 is 0. The summed E-state index contributed by atoms with van der Waals surface area (Å²) in [5, 5.41) is 33.7. The summed E-state index contributed by atoms with van der Waals surface area (Å²) in [5.41, 5.74) is 0. The standard InChI is InChI=1S/C61H109N11O13/c1-24-26-27-38(13)51(75)50-55(79)64-42(25-2)57(81)66(17)32-47(74)67(18)43(28-33(3)4)54(78)65-48(41(16)73)60(84)68(19)44(29-34(5)6)53(77)62-39(14)52(76)63-40(15)56(80)69(20)45(30-35(7)8)58(82)70(21)46(31-36(9)10)59(83)71(22)49(37(11)12)61(85)72(50)23/h24,26,33-46,48-51,73,75H,25,27-32H2,1-23H3,(H,62,77)(H,63,76)(H,64,79)(H,65,78)/b26-24+/t38-,39+,40-,41+,42+,43+,44+,45+,46+,48+,49+,50+,51-/m1/s1. The minimum Gasteiger partial charge on any atom is -0.391 e. The third kappa shape index (κ3) is 21.6. The molecule has 0 radical (unpaired) electrons. The lowest BCUT2D eigenvalue weighted by molar-refractivity contribution is -0.157. The van der Waals surface area contributed by atoms with Gasteiger partial charge >= 0.3 is 0 Å². The Hall–Kier alpha value is -6.17. The zero-order valence-corrected chi connectivity index (χ0v) is 55.5. The lowest BCUT2D eigenvalue weighted by Gasteiger charge is -2.41. The van der Waals surface area contributed by atoms with Crippen LogP contribution in [0.15, 0.2) is 12.2 Å². The van der Waals surface area contributed by atoms with Gasteiger partial charge in [0.15, 0.2) is 0 Å². The molecule has 0 aliphatic carbocycles. The molecule has 85 heavy (non-hydrogen) atoms. The van der Waals surface area contributed by atoms with E-state index in [-0.39, 0.29) is 55.8 Å². The van der Waals surface area contributed by atoms with Crippen LogP contribution < -0.4 is 21.3 Å². The van der Waals surface area contributed by atoms with Gasteiger partial charge in [0, 0.05) is 49.3 Å². The van der Waals surface area contributed by atoms with Crippen LogP contribution in [-0.4, -0.2) is 238 Å². The molecule has 0 aromatic heterocycles. The molecular formula is C61H109N11O13. The highest BCUT2D eigenvalue weighted by Gasteiger charge is 2.46. The quantitative estimate of drug-likeness (QED) is 0.128. The van der Waals surface area contributed by atoms with E-state index >= 15 is 9.59 Å². The summed E-state index contributed by atoms with van der Waals surface area (Å²) in [5.74, 6) is -10.1. The first kappa shape index (κ1) is 76.8. The van der Waals surface area contributed by atoms with E-state index in [9.17, 15) is 53.4 Å². The number of carbonyl (C=O) groups is 11. The molecule has 0 aromatic carbocycles. The molecule has 0 unspecified atom stereocenters. The maximum atomic E-state index is 15.1. The predicted octanol–water partition coefficient (Wildman–Crippen LogP) is 1.99. The third-order valence-corrected chi connectivity index (χ3v) is 15.9. The number of aliphatic hydroxyl groups excluding tert-OH is 2. The van der Waals surface area contributed by atoms with E-state index in [1.165, 1.54) is 84.8 Å². The van der Waals surface area contributed by atoms with Crippen molar-refractivity contribution in [3.8, 4) is 0 Å². The summed E-state index contributed by atoms with van der Waals surface area (Å²) in [4.78, 5) is 168. The van der Waals surface area contributed by atoms with Crippen molar-refractivity contribution in [1.82, 2.24) is 55.6 Å². The molecule has 24 nitrogen and oxygen atoms in total. The van der Waals surface area contributed by atoms with Crippen LogP contribution in [0.5, 0.6) is 0 Å². The van der Waals surface area contributed by atoms with Gasteiger partial charge in [-0.1, -0.05) is 95.2 Å². The van der Waals surface area contributed by atoms with Gasteiger partial charge in [-0.05, 0) is 102 Å². The van der Waals surface area contributed by atoms with Crippen molar-refractivity contribution in [2.24, 2.45) is 35.5 Å². The molecule has 1 rings (SSSR count). The fourth-order valence-corrected chi connectivity index (χ4v) is 10.6. The van der Waals surface area contributed by atoms with E-state index in [4.69, 9.17) is 0 Å². The van der Waals surface area contributed by atoms with Crippen LogP contribution in [0.3, 0.4) is 0 Å². The van der Waals surface area contributed by atoms with Gasteiger partial charge in [-0.25, -0.2) is 0 Å². The molecule has 1 saturated heterocycles. The van der Waals surface area contributed by atoms with E-state index in [1.807, 2.05) is 55.4 Å². The van der Waals surface area contributed by atoms with Gasteiger partial charge in [0.1, 0.15) is 60.4 Å². The van der Waals surface area contributed by atoms with Crippen molar-refractivity contribution in [3.63, 3.8) is 0 Å². The van der Waals surface area contributed by atoms with Gasteiger partial charge in [0.25, 0.3) is 0 Å². The molecule has 11 amide bonds. The van der Waals surface area contributed by atoms with Crippen LogP contribution in [0.1, 0.15) is 149 Å². The van der Waals surface area contributed by atoms with Gasteiger partial charge in [-0.3, -0.25) is 52.7 Å². The van der Waals surface area contributed by atoms with Crippen LogP contribution in [0.2, 0.25) is 0 Å². The number of amides is 11. The Morgan fingerprint density at radius 2 is 0.882 bits per heavy atom. The van der Waals surface area contributed by atoms with Crippen LogP contribution in [0.4, 0.5) is 0 Å². The number of carbonyl (C=O) groups excluding carboxylic acids is 11. The first-order chi connectivity index (χ1) is 39.2. The minimum atomic E-state index is -1.63. The molecule has 0 saturated carbocycles. The Morgan fingerprint density at radius 3 is 1.33 bits per heavy atom. The Bertz CT molecular complexity index is 2330. The average molecular weight is 1200 g/mol. The van der Waals surface area contributed by atoms with Crippen molar-refractivity contribution < 1.29 is 63.0 Å². The predicted molar refractivity (Wildman–Crippen MR) is 325 cm³/mol. The third-order valence-electron chi connectivity index (χ3n) is 15.9. The second-order valence-electron chi connectivity index (χ2n) is 25.6. The van der Waals surface area contributed by atoms with E-state index in [0.29, 0.717) is 6.42 Å². The molecule has 1 heterocycles. The van der Waals surface area contributed by atoms with E-state index in [1.54, 1.807) is 46.8 Å². The van der Waals surface area contributed by atoms with E-state index in [2.05, 4.69) is 21.3 Å². The number of hydrogen-bond acceptors (Lipinski definition) is 13. The second kappa shape index (κ2) is 34.8. The molecule has 0 bridgehead atoms. The topological polar surface area (TPSA) is 299 Å². The zero-order chi connectivity index (χ0) is 66.0. The summed E-state index contributed by atoms with van der Waals surface area (Å²) in [6.45, 7) is 26.7. The highest BCUT2D eigenvalue weighted by molar-refractivity contribution is 5.99. The van der Waals surface area contributed by atoms with Crippen LogP contribution in [0.25, 0.3) is 0 Å². The number of nitrogens with one attached hydrogen (secondary N) is 4. The number of hydrogen-bond donors (Lipinski definition) is 6. The monoisotopic (exact) mass is 1200 g/mol. The summed E-state index contributed by atoms with van der Waals surface area (Å²) in [6, 6.07) is -13.2. The molecular weight excluding hydrogens is 1090 g/mol. The number of likely N-dealkylation sites (N-methyl/N-ethyl adjacent to an activating group) is 7. The molecule has 1 aliphatic heterocycles. The smallest absolute Gasteiger partial charge is 0.248 e. The number of aliphatic hydroxyl groups is 2. The van der Waals surface area contributed by atoms with Crippen molar-refractivity contribution >= 4 is 65.0 Å². The summed E-state index contributed by atoms with van der Waals surface area (Å²) in [6.07, 6.45) is 1.26. The maximum Gasteiger partial charge on any atom is 0.248 e. The van der Waals surface area contributed by atoms with Gasteiger partial charge in [0.05, 0.1) is 18.8 Å². The van der Waals surface area contributed by atoms with Gasteiger partial charge < -0.3 is 65.8 Å². The Kier molecular flexibility index (Phi) is 31.5. The fourth-order valence-electron chi connectivity index (χ4n) is 10.6. The first-order valence-corrected chi connectivity index (χ1v) is 30.2. The van der Waals surface area contributed by atoms with Gasteiger partial charge in [-0.15, -0.1) is 0 Å². The van der Waals surface area contributed by atoms with Gasteiger partial charge in [0.2, 0.25) is 65.0 Å². The number of rotatable bonds is 15. The second-order valence-corrected chi connectivity index (χ2v) is 25.6. The van der Waals surface area contributed by atoms with Gasteiger partial charge in [-0.2, -0.15) is 0 Å². The largest absolute Gasteiger partial charge is 0.391 e. The molecule has 0 aromatic rings. The van der Waals surface area contributed by atoms with Crippen LogP contribution in [0, 0.1) is 35.5 Å². The summed E-state index contributed by atoms with van der Waals surface area (Å²) >= 11 is 0. The molecule has 24 heteroatoms. The van der Waals surface area contributed by atoms with Crippen molar-refractivity contribution in [3.05, 3.63) is 12.2 Å². The normalized spacial score (nSPS) is 27.2. The van der Waals surface area contributed by atoms with E-state index < -0.39 is 156 Å². The SMILES string of the molecule is C/C=C/C[C@@H](C)[C@@H](O)[C@H]1C(=O)N[C@@H](CC)C(=O)N(C)CC(=O)N(C)[C@@H](CC(C)C)C(=O)N[C@@H]([C@H](C)O)C(=O)N(C)[C@@H](CC(C)C)C(=O)N[C@@H](C)C(=O)N[C@H](C)C(=O)N(C)[C@@H](CC(C)C)C(=O)N(C)[C@@H](CC(C)C)C(=O)N(C)[C@@H](C(C)C)C(=O)N1C. The first-order valence-electron chi connectivity index (χ1n) is 30.2. The lowest BCUT2D eigenvalue weighted by atomic mass is 9.91. The van der Waals surface area contributed by atoms with Crippen molar-refractivity contribution in [2.75, 3.05) is 55.9 Å². The Balaban J connectivity index is 4.32. The highest BCUT2D eigenvalue weighted by atomic mass is 16.3. The molecule has 1 fully saturated rings. The Labute approximate surface area is 507 Å². The van der Waals surface area contributed by atoms with Crippen molar-refractivity contribution in [1.29, 1.82) is 0 Å². The fraction of sp³-hybridized carbons (Fsp3) is 0.787. The summed E-state index contributed by atoms with van der Waals surface area (Å²) in [7, 11) is 9.65. The highest BCUT2D eigenvalue weighted by Crippen LogP contribution is 2.25. The van der Waals surface area contributed by atoms with Crippen molar-refractivity contribution in [2.45, 2.75) is 222 Å². The molecule has 0 spiro atoms. The number of nitrogens with zero attached hydrogens (tertiary/aromatic N) is 7. The molecule has 13 atom stereocenters. The average Bonchev–Trinajstić information content (AvgIpc) is 3.62. The van der Waals surface area contributed by atoms with Crippen LogP contribution in [-0.2, 0) is 52.7 Å². The Morgan fingerprint density at radius 1 is 0.471 bits per heavy atom. The molecule has 1 aliphatic rings. The zero-order valence-electron chi connectivity index (χ0n) is 55.5. The van der Waals surface area contributed by atoms with E-state index in [0.717, 1.165) is 19.6 Å². The number of allylic oxidation sites excluding steroid dienone is 2. The molecule has 6 N–H and O–H groups in total. The lowest BCUT2D eigenvalue weighted by Crippen LogP contribution is -2.63. The molecule has 486 valence electrons. The minimum absolute atomic E-state index is 0.000798.